The van der Waals surface area contributed by atoms with Crippen LogP contribution in [-0.2, 0) is 0 Å². The van der Waals surface area contributed by atoms with Crippen LogP contribution in [0.2, 0.25) is 0 Å². The van der Waals surface area contributed by atoms with Crippen molar-refractivity contribution in [3.63, 3.8) is 0 Å². The van der Waals surface area contributed by atoms with Gasteiger partial charge in [0, 0.05) is 61.8 Å². The predicted octanol–water partition coefficient (Wildman–Crippen LogP) is 4.96. The van der Waals surface area contributed by atoms with E-state index in [0.717, 1.165) is 27.7 Å². The lowest BCUT2D eigenvalue weighted by Gasteiger charge is -2.20. The molecule has 3 aromatic carbocycles. The fourth-order valence-electron chi connectivity index (χ4n) is 3.39. The lowest BCUT2D eigenvalue weighted by Crippen LogP contribution is -2.12. The fourth-order valence-corrected chi connectivity index (χ4v) is 3.39. The first-order valence-electron chi connectivity index (χ1n) is 8.69. The highest BCUT2D eigenvalue weighted by molar-refractivity contribution is 6.16. The van der Waals surface area contributed by atoms with Crippen LogP contribution in [0.15, 0.2) is 42.5 Å². The molecule has 0 amide bonds. The summed E-state index contributed by atoms with van der Waals surface area (Å²) >= 11 is 0. The van der Waals surface area contributed by atoms with Crippen molar-refractivity contribution in [2.75, 3.05) is 38.0 Å². The van der Waals surface area contributed by atoms with Gasteiger partial charge in [-0.1, -0.05) is 26.0 Å². The monoisotopic (exact) mass is 334 g/mol. The van der Waals surface area contributed by atoms with Crippen molar-refractivity contribution in [3.05, 3.63) is 48.0 Å². The van der Waals surface area contributed by atoms with Gasteiger partial charge in [-0.3, -0.25) is 4.79 Å². The van der Waals surface area contributed by atoms with E-state index >= 15 is 0 Å². The first-order valence-corrected chi connectivity index (χ1v) is 8.69. The molecule has 0 fully saturated rings. The van der Waals surface area contributed by atoms with Gasteiger partial charge >= 0.3 is 0 Å². The molecule has 0 aliphatic carbocycles. The van der Waals surface area contributed by atoms with Crippen LogP contribution >= 0.6 is 0 Å². The minimum Gasteiger partial charge on any atom is -0.377 e. The number of carbonyl (C=O) groups excluding carboxylic acids is 1. The smallest absolute Gasteiger partial charge is 0.166 e. The van der Waals surface area contributed by atoms with E-state index in [4.69, 9.17) is 0 Å². The molecule has 0 saturated carbocycles. The van der Waals surface area contributed by atoms with Crippen molar-refractivity contribution in [3.8, 4) is 0 Å². The second-order valence-corrected chi connectivity index (χ2v) is 7.34. The van der Waals surface area contributed by atoms with Gasteiger partial charge in [0.15, 0.2) is 5.78 Å². The number of hydrogen-bond donors (Lipinski definition) is 0. The van der Waals surface area contributed by atoms with Crippen LogP contribution in [0.25, 0.3) is 21.5 Å². The lowest BCUT2D eigenvalue weighted by atomic mass is 9.92. The Morgan fingerprint density at radius 2 is 1.44 bits per heavy atom. The van der Waals surface area contributed by atoms with Gasteiger partial charge < -0.3 is 9.80 Å². The highest BCUT2D eigenvalue weighted by atomic mass is 16.1. The third-order valence-electron chi connectivity index (χ3n) is 4.72. The van der Waals surface area contributed by atoms with Crippen LogP contribution in [0.4, 0.5) is 11.4 Å². The standard InChI is InChI=1S/C22H26N2O/c1-14(2)22(25)16-10-11-21(24(5)6)19-12-15-8-7-9-20(23(3)4)17(15)13-18(16)19/h7-14H,1-6H3. The number of ketones is 1. The summed E-state index contributed by atoms with van der Waals surface area (Å²) in [6.07, 6.45) is 0. The molecule has 0 N–H and O–H groups in total. The fraction of sp³-hybridized carbons (Fsp3) is 0.318. The van der Waals surface area contributed by atoms with E-state index in [2.05, 4.69) is 60.3 Å². The van der Waals surface area contributed by atoms with Crippen LogP contribution in [0.1, 0.15) is 24.2 Å². The zero-order valence-corrected chi connectivity index (χ0v) is 15.9. The third kappa shape index (κ3) is 2.95. The second kappa shape index (κ2) is 6.40. The molecule has 0 heterocycles. The van der Waals surface area contributed by atoms with Crippen molar-refractivity contribution in [1.29, 1.82) is 0 Å². The van der Waals surface area contributed by atoms with Crippen molar-refractivity contribution in [1.82, 2.24) is 0 Å². The van der Waals surface area contributed by atoms with E-state index < -0.39 is 0 Å². The number of rotatable bonds is 4. The molecule has 0 radical (unpaired) electrons. The molecule has 0 spiro atoms. The van der Waals surface area contributed by atoms with Gasteiger partial charge in [0.1, 0.15) is 0 Å². The van der Waals surface area contributed by atoms with Gasteiger partial charge in [-0.2, -0.15) is 0 Å². The van der Waals surface area contributed by atoms with Crippen LogP contribution in [0.3, 0.4) is 0 Å². The molecular formula is C22H26N2O. The lowest BCUT2D eigenvalue weighted by molar-refractivity contribution is 0.0941. The SMILES string of the molecule is CC(C)C(=O)c1ccc(N(C)C)c2cc3cccc(N(C)C)c3cc12. The number of benzene rings is 3. The summed E-state index contributed by atoms with van der Waals surface area (Å²) in [5.74, 6) is 0.171. The zero-order valence-electron chi connectivity index (χ0n) is 15.9. The quantitative estimate of drug-likeness (QED) is 0.497. The van der Waals surface area contributed by atoms with Crippen LogP contribution < -0.4 is 9.80 Å². The van der Waals surface area contributed by atoms with Gasteiger partial charge in [-0.25, -0.2) is 0 Å². The van der Waals surface area contributed by atoms with E-state index in [1.807, 2.05) is 34.0 Å². The molecular weight excluding hydrogens is 308 g/mol. The topological polar surface area (TPSA) is 23.6 Å². The number of Topliss-reactive ketones (excluding diaryl/α,β-unsaturated/α-hetero) is 1. The molecule has 0 atom stereocenters. The molecule has 0 saturated heterocycles. The number of fused-ring (bicyclic) bond motifs is 2. The molecule has 3 nitrogen and oxygen atoms in total. The second-order valence-electron chi connectivity index (χ2n) is 7.34. The molecule has 0 unspecified atom stereocenters. The Morgan fingerprint density at radius 3 is 2.04 bits per heavy atom. The molecule has 3 rings (SSSR count). The maximum absolute atomic E-state index is 12.8. The van der Waals surface area contributed by atoms with Crippen molar-refractivity contribution < 1.29 is 4.79 Å². The van der Waals surface area contributed by atoms with Gasteiger partial charge in [0.2, 0.25) is 0 Å². The minimum absolute atomic E-state index is 0.0202. The Labute approximate surface area is 149 Å². The Morgan fingerprint density at radius 1 is 0.800 bits per heavy atom. The van der Waals surface area contributed by atoms with E-state index in [9.17, 15) is 4.79 Å². The molecule has 0 aliphatic rings. The normalized spacial score (nSPS) is 11.3. The highest BCUT2D eigenvalue weighted by Crippen LogP contribution is 2.36. The van der Waals surface area contributed by atoms with Crippen molar-refractivity contribution >= 4 is 38.7 Å². The minimum atomic E-state index is -0.0202. The van der Waals surface area contributed by atoms with E-state index in [1.165, 1.54) is 10.8 Å². The number of nitrogens with zero attached hydrogens (tertiary/aromatic N) is 2. The first kappa shape index (κ1) is 17.3. The average Bonchev–Trinajstić information content (AvgIpc) is 2.57. The predicted molar refractivity (Wildman–Crippen MR) is 109 cm³/mol. The maximum Gasteiger partial charge on any atom is 0.166 e. The van der Waals surface area contributed by atoms with Crippen LogP contribution in [0, 0.1) is 5.92 Å². The van der Waals surface area contributed by atoms with Gasteiger partial charge in [-0.05, 0) is 41.1 Å². The van der Waals surface area contributed by atoms with Gasteiger partial charge in [0.25, 0.3) is 0 Å². The molecule has 0 bridgehead atoms. The van der Waals surface area contributed by atoms with E-state index in [0.29, 0.717) is 0 Å². The Bertz CT molecular complexity index is 955. The third-order valence-corrected chi connectivity index (χ3v) is 4.72. The summed E-state index contributed by atoms with van der Waals surface area (Å²) < 4.78 is 0. The van der Waals surface area contributed by atoms with E-state index in [-0.39, 0.29) is 11.7 Å². The summed E-state index contributed by atoms with van der Waals surface area (Å²) in [5, 5.41) is 4.52. The van der Waals surface area contributed by atoms with Crippen LogP contribution in [-0.4, -0.2) is 34.0 Å². The van der Waals surface area contributed by atoms with Crippen molar-refractivity contribution in [2.45, 2.75) is 13.8 Å². The first-order chi connectivity index (χ1) is 11.8. The number of carbonyl (C=O) groups is 1. The molecule has 3 aromatic rings. The Kier molecular flexibility index (Phi) is 4.42. The molecule has 0 aromatic heterocycles. The summed E-state index contributed by atoms with van der Waals surface area (Å²) in [6.45, 7) is 3.92. The average molecular weight is 334 g/mol. The number of hydrogen-bond acceptors (Lipinski definition) is 3. The Hall–Kier alpha value is -2.55. The summed E-state index contributed by atoms with van der Waals surface area (Å²) in [6, 6.07) is 14.8. The number of anilines is 2. The Balaban J connectivity index is 2.45. The largest absolute Gasteiger partial charge is 0.377 e. The zero-order chi connectivity index (χ0) is 18.3. The van der Waals surface area contributed by atoms with Crippen molar-refractivity contribution in [2.24, 2.45) is 5.92 Å². The van der Waals surface area contributed by atoms with E-state index in [1.54, 1.807) is 0 Å². The molecule has 0 aliphatic heterocycles. The van der Waals surface area contributed by atoms with Gasteiger partial charge in [0.05, 0.1) is 0 Å². The summed E-state index contributed by atoms with van der Waals surface area (Å²) in [4.78, 5) is 17.0. The summed E-state index contributed by atoms with van der Waals surface area (Å²) in [7, 11) is 8.18. The molecule has 25 heavy (non-hydrogen) atoms. The summed E-state index contributed by atoms with van der Waals surface area (Å²) in [5.41, 5.74) is 3.11. The molecule has 3 heteroatoms. The highest BCUT2D eigenvalue weighted by Gasteiger charge is 2.17. The molecule has 130 valence electrons. The van der Waals surface area contributed by atoms with Crippen LogP contribution in [0.5, 0.6) is 0 Å². The maximum atomic E-state index is 12.8. The van der Waals surface area contributed by atoms with Gasteiger partial charge in [-0.15, -0.1) is 0 Å².